The quantitative estimate of drug-likeness (QED) is 0.766. The maximum absolute atomic E-state index is 11.3. The van der Waals surface area contributed by atoms with Gasteiger partial charge in [0, 0.05) is 6.42 Å². The van der Waals surface area contributed by atoms with E-state index in [4.69, 9.17) is 22.7 Å². The van der Waals surface area contributed by atoms with E-state index in [0.29, 0.717) is 17.9 Å². The fourth-order valence-electron chi connectivity index (χ4n) is 1.08. The highest BCUT2D eigenvalue weighted by molar-refractivity contribution is 7.80. The third-order valence-corrected chi connectivity index (χ3v) is 1.97. The molecule has 16 heavy (non-hydrogen) atoms. The van der Waals surface area contributed by atoms with Crippen LogP contribution in [0.25, 0.3) is 0 Å². The first-order chi connectivity index (χ1) is 7.63. The molecule has 0 bridgehead atoms. The molecule has 0 aliphatic heterocycles. The third kappa shape index (κ3) is 3.86. The topological polar surface area (TPSA) is 64.3 Å². The summed E-state index contributed by atoms with van der Waals surface area (Å²) >= 11 is 4.71. The fraction of sp³-hybridized carbons (Fsp3) is 0.273. The van der Waals surface area contributed by atoms with Crippen LogP contribution in [0.4, 0.5) is 5.69 Å². The number of carbonyl (C=O) groups is 1. The fourth-order valence-corrected chi connectivity index (χ4v) is 1.14. The minimum absolute atomic E-state index is 0.0635. The molecule has 0 atom stereocenters. The molecule has 1 aromatic rings. The van der Waals surface area contributed by atoms with Gasteiger partial charge in [-0.2, -0.15) is 0 Å². The number of rotatable bonds is 5. The molecule has 3 N–H and O–H groups in total. The van der Waals surface area contributed by atoms with Crippen molar-refractivity contribution in [2.45, 2.75) is 13.3 Å². The molecule has 0 fully saturated rings. The highest BCUT2D eigenvalue weighted by Crippen LogP contribution is 2.23. The molecule has 0 aliphatic rings. The predicted octanol–water partition coefficient (Wildman–Crippen LogP) is 1.70. The van der Waals surface area contributed by atoms with E-state index in [9.17, 15) is 4.79 Å². The molecule has 5 heteroatoms. The molecular weight excluding hydrogens is 224 g/mol. The molecule has 0 radical (unpaired) electrons. The van der Waals surface area contributed by atoms with Crippen molar-refractivity contribution in [1.29, 1.82) is 0 Å². The number of hydrogen-bond acceptors (Lipinski definition) is 3. The first kappa shape index (κ1) is 12.4. The van der Waals surface area contributed by atoms with E-state index >= 15 is 0 Å². The number of thiocarbonyl (C=S) groups is 1. The number of ether oxygens (including phenoxy) is 1. The zero-order chi connectivity index (χ0) is 12.0. The van der Waals surface area contributed by atoms with Crippen molar-refractivity contribution in [2.24, 2.45) is 5.73 Å². The van der Waals surface area contributed by atoms with E-state index in [1.807, 2.05) is 12.1 Å². The van der Waals surface area contributed by atoms with Crippen molar-refractivity contribution in [3.63, 3.8) is 0 Å². The molecule has 1 amide bonds. The summed E-state index contributed by atoms with van der Waals surface area (Å²) < 4.78 is 5.36. The summed E-state index contributed by atoms with van der Waals surface area (Å²) in [5, 5.41) is 2.74. The van der Waals surface area contributed by atoms with Gasteiger partial charge in [-0.1, -0.05) is 31.3 Å². The third-order valence-electron chi connectivity index (χ3n) is 1.85. The van der Waals surface area contributed by atoms with Crippen LogP contribution in [0.2, 0.25) is 0 Å². The van der Waals surface area contributed by atoms with Gasteiger partial charge in [0.15, 0.2) is 0 Å². The number of nitrogens with two attached hydrogens (primary N) is 1. The monoisotopic (exact) mass is 238 g/mol. The Kier molecular flexibility index (Phi) is 4.72. The van der Waals surface area contributed by atoms with Crippen molar-refractivity contribution < 1.29 is 9.53 Å². The van der Waals surface area contributed by atoms with Crippen LogP contribution in [0.15, 0.2) is 24.3 Å². The standard InChI is InChI=1S/C11H14N2O2S/c1-2-11(14)13-8-5-3-4-6-9(8)15-7-10(12)16/h3-6H,2,7H2,1H3,(H2,12,16)(H,13,14). The van der Waals surface area contributed by atoms with E-state index < -0.39 is 0 Å². The van der Waals surface area contributed by atoms with Crippen molar-refractivity contribution in [1.82, 2.24) is 0 Å². The lowest BCUT2D eigenvalue weighted by atomic mass is 10.3. The second-order valence-electron chi connectivity index (χ2n) is 3.15. The number of hydrogen-bond donors (Lipinski definition) is 2. The second kappa shape index (κ2) is 6.07. The van der Waals surface area contributed by atoms with Crippen LogP contribution in [-0.2, 0) is 4.79 Å². The van der Waals surface area contributed by atoms with Crippen LogP contribution in [0.3, 0.4) is 0 Å². The Hall–Kier alpha value is -1.62. The molecule has 0 aromatic heterocycles. The SMILES string of the molecule is CCC(=O)Nc1ccccc1OCC(N)=S. The lowest BCUT2D eigenvalue weighted by Crippen LogP contribution is -2.19. The Labute approximate surface area is 99.8 Å². The predicted molar refractivity (Wildman–Crippen MR) is 67.6 cm³/mol. The normalized spacial score (nSPS) is 9.56. The Morgan fingerprint density at radius 1 is 1.50 bits per heavy atom. The maximum atomic E-state index is 11.3. The van der Waals surface area contributed by atoms with Gasteiger partial charge < -0.3 is 15.8 Å². The average Bonchev–Trinajstić information content (AvgIpc) is 2.27. The summed E-state index contributed by atoms with van der Waals surface area (Å²) in [5.41, 5.74) is 5.97. The maximum Gasteiger partial charge on any atom is 0.224 e. The molecule has 0 saturated carbocycles. The van der Waals surface area contributed by atoms with Crippen molar-refractivity contribution in [3.8, 4) is 5.75 Å². The van der Waals surface area contributed by atoms with E-state index in [1.54, 1.807) is 19.1 Å². The molecule has 0 unspecified atom stereocenters. The smallest absolute Gasteiger partial charge is 0.224 e. The zero-order valence-corrected chi connectivity index (χ0v) is 9.84. The number of carbonyl (C=O) groups excluding carboxylic acids is 1. The van der Waals surface area contributed by atoms with Gasteiger partial charge in [0.05, 0.1) is 5.69 Å². The molecule has 0 heterocycles. The minimum Gasteiger partial charge on any atom is -0.484 e. The molecular formula is C11H14N2O2S. The van der Waals surface area contributed by atoms with Gasteiger partial charge in [0.2, 0.25) is 5.91 Å². The summed E-state index contributed by atoms with van der Waals surface area (Å²) in [5.74, 6) is 0.503. The molecule has 0 aliphatic carbocycles. The van der Waals surface area contributed by atoms with E-state index in [1.165, 1.54) is 0 Å². The Bertz CT molecular complexity index is 393. The van der Waals surface area contributed by atoms with Crippen molar-refractivity contribution in [3.05, 3.63) is 24.3 Å². The van der Waals surface area contributed by atoms with Crippen LogP contribution < -0.4 is 15.8 Å². The van der Waals surface area contributed by atoms with Gasteiger partial charge >= 0.3 is 0 Å². The van der Waals surface area contributed by atoms with Crippen LogP contribution in [-0.4, -0.2) is 17.5 Å². The Morgan fingerprint density at radius 2 is 2.19 bits per heavy atom. The van der Waals surface area contributed by atoms with E-state index in [2.05, 4.69) is 5.32 Å². The van der Waals surface area contributed by atoms with Gasteiger partial charge in [-0.25, -0.2) is 0 Å². The van der Waals surface area contributed by atoms with Crippen molar-refractivity contribution >= 4 is 28.8 Å². The van der Waals surface area contributed by atoms with Crippen LogP contribution in [0, 0.1) is 0 Å². The number of amides is 1. The van der Waals surface area contributed by atoms with E-state index in [-0.39, 0.29) is 17.5 Å². The summed E-state index contributed by atoms with van der Waals surface area (Å²) in [6, 6.07) is 7.15. The van der Waals surface area contributed by atoms with Gasteiger partial charge in [-0.15, -0.1) is 0 Å². The van der Waals surface area contributed by atoms with Gasteiger partial charge in [0.25, 0.3) is 0 Å². The lowest BCUT2D eigenvalue weighted by Gasteiger charge is -2.11. The van der Waals surface area contributed by atoms with Crippen LogP contribution >= 0.6 is 12.2 Å². The van der Waals surface area contributed by atoms with Crippen LogP contribution in [0.5, 0.6) is 5.75 Å². The number of anilines is 1. The molecule has 4 nitrogen and oxygen atoms in total. The first-order valence-electron chi connectivity index (χ1n) is 4.93. The van der Waals surface area contributed by atoms with Gasteiger partial charge in [-0.05, 0) is 12.1 Å². The summed E-state index contributed by atoms with van der Waals surface area (Å²) in [4.78, 5) is 11.5. The number of nitrogens with one attached hydrogen (secondary N) is 1. The minimum atomic E-state index is -0.0635. The number of para-hydroxylation sites is 2. The zero-order valence-electron chi connectivity index (χ0n) is 9.03. The summed E-state index contributed by atoms with van der Waals surface area (Å²) in [7, 11) is 0. The summed E-state index contributed by atoms with van der Waals surface area (Å²) in [6.45, 7) is 1.95. The Balaban J connectivity index is 2.74. The van der Waals surface area contributed by atoms with E-state index in [0.717, 1.165) is 0 Å². The molecule has 86 valence electrons. The van der Waals surface area contributed by atoms with Gasteiger partial charge in [0.1, 0.15) is 17.3 Å². The Morgan fingerprint density at radius 3 is 2.81 bits per heavy atom. The lowest BCUT2D eigenvalue weighted by molar-refractivity contribution is -0.115. The molecule has 0 spiro atoms. The highest BCUT2D eigenvalue weighted by atomic mass is 32.1. The molecule has 1 aromatic carbocycles. The largest absolute Gasteiger partial charge is 0.484 e. The summed E-state index contributed by atoms with van der Waals surface area (Å²) in [6.07, 6.45) is 0.420. The number of benzene rings is 1. The van der Waals surface area contributed by atoms with Crippen LogP contribution in [0.1, 0.15) is 13.3 Å². The van der Waals surface area contributed by atoms with Crippen molar-refractivity contribution in [2.75, 3.05) is 11.9 Å². The second-order valence-corrected chi connectivity index (χ2v) is 3.68. The average molecular weight is 238 g/mol. The highest BCUT2D eigenvalue weighted by Gasteiger charge is 2.05. The first-order valence-corrected chi connectivity index (χ1v) is 5.34. The van der Waals surface area contributed by atoms with Gasteiger partial charge in [-0.3, -0.25) is 4.79 Å². The molecule has 0 saturated heterocycles. The molecule has 1 rings (SSSR count).